The van der Waals surface area contributed by atoms with Crippen LogP contribution in [0.3, 0.4) is 0 Å². The topological polar surface area (TPSA) is 62.1 Å². The van der Waals surface area contributed by atoms with E-state index in [-0.39, 0.29) is 11.8 Å². The third-order valence-electron chi connectivity index (χ3n) is 5.01. The zero-order chi connectivity index (χ0) is 24.5. The number of benzene rings is 1. The molecule has 0 bridgehead atoms. The fraction of sp³-hybridized carbons (Fsp3) is 0.174. The van der Waals surface area contributed by atoms with Gasteiger partial charge in [0.15, 0.2) is 5.15 Å². The molecule has 0 aliphatic heterocycles. The van der Waals surface area contributed by atoms with Crippen molar-refractivity contribution in [2.24, 2.45) is 7.05 Å². The van der Waals surface area contributed by atoms with E-state index in [2.05, 4.69) is 15.0 Å². The average molecular weight is 493 g/mol. The van der Waals surface area contributed by atoms with Crippen LogP contribution in [0.25, 0.3) is 22.6 Å². The molecule has 0 N–H and O–H groups in total. The van der Waals surface area contributed by atoms with Crippen LogP contribution in [0, 0.1) is 5.95 Å². The number of ether oxygens (including phenoxy) is 2. The maximum atomic E-state index is 13.2. The van der Waals surface area contributed by atoms with Gasteiger partial charge in [-0.2, -0.15) is 17.6 Å². The summed E-state index contributed by atoms with van der Waals surface area (Å²) in [7, 11) is 3.24. The number of halogens is 5. The number of pyridine rings is 2. The smallest absolute Gasteiger partial charge is 0.417 e. The Kier molecular flexibility index (Phi) is 6.43. The van der Waals surface area contributed by atoms with Gasteiger partial charge in [-0.15, -0.1) is 0 Å². The second-order valence-corrected chi connectivity index (χ2v) is 7.55. The van der Waals surface area contributed by atoms with Crippen molar-refractivity contribution in [1.82, 2.24) is 19.5 Å². The van der Waals surface area contributed by atoms with Crippen molar-refractivity contribution in [3.05, 3.63) is 77.2 Å². The van der Waals surface area contributed by atoms with Crippen molar-refractivity contribution in [1.29, 1.82) is 0 Å². The number of alkyl halides is 3. The lowest BCUT2D eigenvalue weighted by atomic mass is 10.1. The molecule has 11 heteroatoms. The molecule has 0 aliphatic carbocycles. The van der Waals surface area contributed by atoms with E-state index >= 15 is 0 Å². The first-order valence-electron chi connectivity index (χ1n) is 9.85. The highest BCUT2D eigenvalue weighted by Gasteiger charge is 2.30. The van der Waals surface area contributed by atoms with Gasteiger partial charge in [0, 0.05) is 36.6 Å². The van der Waals surface area contributed by atoms with Crippen LogP contribution in [0.1, 0.15) is 11.3 Å². The molecule has 34 heavy (non-hydrogen) atoms. The second kappa shape index (κ2) is 9.30. The minimum absolute atomic E-state index is 0.0329. The Morgan fingerprint density at radius 3 is 2.44 bits per heavy atom. The van der Waals surface area contributed by atoms with E-state index in [9.17, 15) is 17.6 Å². The zero-order valence-electron chi connectivity index (χ0n) is 17.9. The molecule has 0 saturated heterocycles. The molecule has 4 aromatic rings. The summed E-state index contributed by atoms with van der Waals surface area (Å²) in [6.07, 6.45) is -2.32. The van der Waals surface area contributed by atoms with Crippen LogP contribution in [0.5, 0.6) is 11.5 Å². The van der Waals surface area contributed by atoms with Crippen molar-refractivity contribution < 1.29 is 27.0 Å². The van der Waals surface area contributed by atoms with Crippen LogP contribution in [0.4, 0.5) is 17.6 Å². The quantitative estimate of drug-likeness (QED) is 0.246. The lowest BCUT2D eigenvalue weighted by molar-refractivity contribution is -0.137. The van der Waals surface area contributed by atoms with Gasteiger partial charge in [0.1, 0.15) is 23.9 Å². The van der Waals surface area contributed by atoms with E-state index in [4.69, 9.17) is 21.1 Å². The van der Waals surface area contributed by atoms with E-state index < -0.39 is 17.7 Å². The summed E-state index contributed by atoms with van der Waals surface area (Å²) in [5.74, 6) is 0.742. The average Bonchev–Trinajstić information content (AvgIpc) is 3.11. The summed E-state index contributed by atoms with van der Waals surface area (Å²) in [5.41, 5.74) is 1.28. The Labute approximate surface area is 196 Å². The molecule has 3 heterocycles. The zero-order valence-corrected chi connectivity index (χ0v) is 18.7. The molecule has 1 aromatic carbocycles. The third-order valence-corrected chi connectivity index (χ3v) is 5.27. The van der Waals surface area contributed by atoms with Crippen LogP contribution in [0.2, 0.25) is 5.15 Å². The van der Waals surface area contributed by atoms with E-state index in [0.717, 1.165) is 12.3 Å². The molecule has 4 rings (SSSR count). The molecule has 3 aromatic heterocycles. The van der Waals surface area contributed by atoms with Crippen molar-refractivity contribution in [3.8, 4) is 34.1 Å². The SMILES string of the molecule is COc1cc(OCc2ccc(C(F)(F)F)cn2)ccc1-c1c(Cl)nc(-c2ccc(F)nc2)n1C. The van der Waals surface area contributed by atoms with Crippen LogP contribution in [-0.2, 0) is 19.8 Å². The number of imidazole rings is 1. The number of hydrogen-bond acceptors (Lipinski definition) is 5. The van der Waals surface area contributed by atoms with Gasteiger partial charge in [-0.25, -0.2) is 9.97 Å². The Morgan fingerprint density at radius 2 is 1.82 bits per heavy atom. The summed E-state index contributed by atoms with van der Waals surface area (Å²) in [4.78, 5) is 11.8. The van der Waals surface area contributed by atoms with Crippen molar-refractivity contribution >= 4 is 11.6 Å². The maximum Gasteiger partial charge on any atom is 0.417 e. The summed E-state index contributed by atoms with van der Waals surface area (Å²) in [6.45, 7) is -0.0329. The Hall–Kier alpha value is -3.66. The van der Waals surface area contributed by atoms with E-state index in [1.54, 1.807) is 35.9 Å². The number of nitrogens with zero attached hydrogens (tertiary/aromatic N) is 4. The van der Waals surface area contributed by atoms with Crippen molar-refractivity contribution in [2.45, 2.75) is 12.8 Å². The third kappa shape index (κ3) is 4.81. The number of aromatic nitrogens is 4. The highest BCUT2D eigenvalue weighted by molar-refractivity contribution is 6.32. The Morgan fingerprint density at radius 1 is 1.03 bits per heavy atom. The predicted molar refractivity (Wildman–Crippen MR) is 117 cm³/mol. The Balaban J connectivity index is 1.58. The van der Waals surface area contributed by atoms with Gasteiger partial charge in [-0.1, -0.05) is 11.6 Å². The van der Waals surface area contributed by atoms with E-state index in [1.807, 2.05) is 0 Å². The molecule has 0 amide bonds. The number of rotatable bonds is 6. The van der Waals surface area contributed by atoms with E-state index in [1.165, 1.54) is 25.4 Å². The highest BCUT2D eigenvalue weighted by Crippen LogP contribution is 2.39. The molecule has 0 spiro atoms. The van der Waals surface area contributed by atoms with Crippen LogP contribution >= 0.6 is 11.6 Å². The normalized spacial score (nSPS) is 11.5. The molecule has 0 fully saturated rings. The molecule has 176 valence electrons. The van der Waals surface area contributed by atoms with Gasteiger partial charge >= 0.3 is 6.18 Å². The molecule has 6 nitrogen and oxygen atoms in total. The predicted octanol–water partition coefficient (Wildman–Crippen LogP) is 5.94. The van der Waals surface area contributed by atoms with Crippen LogP contribution in [0.15, 0.2) is 54.9 Å². The lowest BCUT2D eigenvalue weighted by Crippen LogP contribution is -2.07. The van der Waals surface area contributed by atoms with Gasteiger partial charge < -0.3 is 14.0 Å². The van der Waals surface area contributed by atoms with Crippen LogP contribution < -0.4 is 9.47 Å². The first kappa shape index (κ1) is 23.5. The fourth-order valence-electron chi connectivity index (χ4n) is 3.32. The monoisotopic (exact) mass is 492 g/mol. The minimum Gasteiger partial charge on any atom is -0.496 e. The first-order valence-corrected chi connectivity index (χ1v) is 10.2. The fourth-order valence-corrected chi connectivity index (χ4v) is 3.62. The lowest BCUT2D eigenvalue weighted by Gasteiger charge is -2.13. The highest BCUT2D eigenvalue weighted by atomic mass is 35.5. The van der Waals surface area contributed by atoms with Gasteiger partial charge in [-0.3, -0.25) is 4.98 Å². The number of hydrogen-bond donors (Lipinski definition) is 0. The molecular formula is C23H17ClF4N4O2. The summed E-state index contributed by atoms with van der Waals surface area (Å²) >= 11 is 6.42. The van der Waals surface area contributed by atoms with Gasteiger partial charge in [0.05, 0.1) is 24.1 Å². The van der Waals surface area contributed by atoms with Crippen LogP contribution in [-0.4, -0.2) is 26.6 Å². The van der Waals surface area contributed by atoms with Gasteiger partial charge in [0.25, 0.3) is 0 Å². The number of methoxy groups -OCH3 is 1. The summed E-state index contributed by atoms with van der Waals surface area (Å²) < 4.78 is 64.1. The Bertz CT molecular complexity index is 1310. The first-order chi connectivity index (χ1) is 16.2. The van der Waals surface area contributed by atoms with E-state index in [0.29, 0.717) is 39.8 Å². The minimum atomic E-state index is -4.45. The molecule has 0 saturated carbocycles. The van der Waals surface area contributed by atoms with Crippen molar-refractivity contribution in [2.75, 3.05) is 7.11 Å². The second-order valence-electron chi connectivity index (χ2n) is 7.19. The summed E-state index contributed by atoms with van der Waals surface area (Å²) in [5, 5.41) is 0.211. The molecular weight excluding hydrogens is 476 g/mol. The molecule has 0 radical (unpaired) electrons. The standard InChI is InChI=1S/C23H17ClF4N4O2/c1-32-20(21(24)31-22(32)13-3-8-19(25)30-10-13)17-7-6-16(9-18(17)33-2)34-12-15-5-4-14(11-29-15)23(26,27)28/h3-11H,12H2,1-2H3. The molecule has 0 unspecified atom stereocenters. The molecule has 0 aliphatic rings. The maximum absolute atomic E-state index is 13.2. The molecule has 0 atom stereocenters. The largest absolute Gasteiger partial charge is 0.496 e. The van der Waals surface area contributed by atoms with Gasteiger partial charge in [0.2, 0.25) is 5.95 Å². The van der Waals surface area contributed by atoms with Gasteiger partial charge in [-0.05, 0) is 36.4 Å². The van der Waals surface area contributed by atoms with Crippen molar-refractivity contribution in [3.63, 3.8) is 0 Å². The summed E-state index contributed by atoms with van der Waals surface area (Å²) in [6, 6.07) is 10.0.